The molecule has 114 valence electrons. The minimum atomic E-state index is -3.61. The number of carbonyl (C=O) groups excluding carboxylic acids is 1. The van der Waals surface area contributed by atoms with Crippen molar-refractivity contribution < 1.29 is 17.8 Å². The molecule has 0 aromatic heterocycles. The lowest BCUT2D eigenvalue weighted by molar-refractivity contribution is -0.113. The summed E-state index contributed by atoms with van der Waals surface area (Å²) in [4.78, 5) is 10.8. The molecule has 0 aromatic carbocycles. The Morgan fingerprint density at radius 1 is 1.21 bits per heavy atom. The van der Waals surface area contributed by atoms with Gasteiger partial charge in [0.2, 0.25) is 16.4 Å². The molecule has 0 bridgehead atoms. The maximum absolute atomic E-state index is 12.7. The Bertz CT molecular complexity index is 427. The van der Waals surface area contributed by atoms with Crippen molar-refractivity contribution in [1.82, 2.24) is 8.75 Å². The third-order valence-electron chi connectivity index (χ3n) is 2.64. The van der Waals surface area contributed by atoms with Gasteiger partial charge in [0.05, 0.1) is 6.26 Å². The second kappa shape index (κ2) is 8.29. The van der Waals surface area contributed by atoms with Crippen molar-refractivity contribution in [2.45, 2.75) is 32.6 Å². The quantitative estimate of drug-likeness (QED) is 0.349. The minimum absolute atomic E-state index is 0.404. The molecular formula is C10H23N2O4PS2. The fourth-order valence-corrected chi connectivity index (χ4v) is 8.37. The van der Waals surface area contributed by atoms with E-state index < -0.39 is 16.7 Å². The molecule has 0 saturated carbocycles. The smallest absolute Gasteiger partial charge is 0.278 e. The Kier molecular flexibility index (Phi) is 8.27. The maximum Gasteiger partial charge on any atom is 0.309 e. The van der Waals surface area contributed by atoms with Crippen LogP contribution in [-0.4, -0.2) is 49.7 Å². The Morgan fingerprint density at radius 3 is 2.21 bits per heavy atom. The molecule has 0 saturated heterocycles. The zero-order valence-electron chi connectivity index (χ0n) is 11.9. The lowest BCUT2D eigenvalue weighted by Crippen LogP contribution is -2.29. The molecule has 0 rings (SSSR count). The van der Waals surface area contributed by atoms with E-state index in [1.807, 2.05) is 0 Å². The van der Waals surface area contributed by atoms with Crippen LogP contribution >= 0.6 is 18.0 Å². The van der Waals surface area contributed by atoms with Gasteiger partial charge in [-0.25, -0.2) is 8.42 Å². The fraction of sp³-hybridized carbons (Fsp3) is 0.900. The molecule has 0 spiro atoms. The molecule has 1 unspecified atom stereocenters. The van der Waals surface area contributed by atoms with E-state index in [1.165, 1.54) is 14.1 Å². The fourth-order valence-electron chi connectivity index (χ4n) is 1.33. The van der Waals surface area contributed by atoms with E-state index in [2.05, 4.69) is 6.92 Å². The first kappa shape index (κ1) is 19.0. The number of nitrogens with zero attached hydrogens (tertiary/aromatic N) is 2. The second-order valence-corrected chi connectivity index (χ2v) is 11.6. The molecule has 6 nitrogen and oxygen atoms in total. The Labute approximate surface area is 120 Å². The lowest BCUT2D eigenvalue weighted by Gasteiger charge is -2.30. The summed E-state index contributed by atoms with van der Waals surface area (Å²) in [5.41, 5.74) is 0. The summed E-state index contributed by atoms with van der Waals surface area (Å²) < 4.78 is 37.6. The van der Waals surface area contributed by atoms with E-state index in [9.17, 15) is 17.8 Å². The number of rotatable bonds is 10. The molecule has 9 heteroatoms. The molecule has 0 heterocycles. The monoisotopic (exact) mass is 330 g/mol. The highest BCUT2D eigenvalue weighted by Gasteiger charge is 2.38. The molecule has 0 aliphatic rings. The van der Waals surface area contributed by atoms with Gasteiger partial charge in [-0.1, -0.05) is 37.6 Å². The molecule has 0 aromatic rings. The highest BCUT2D eigenvalue weighted by atomic mass is 32.7. The van der Waals surface area contributed by atoms with Crippen LogP contribution in [-0.2, 0) is 19.4 Å². The predicted octanol–water partition coefficient (Wildman–Crippen LogP) is 2.39. The maximum atomic E-state index is 12.7. The van der Waals surface area contributed by atoms with Crippen molar-refractivity contribution in [3.63, 3.8) is 0 Å². The molecule has 0 aliphatic carbocycles. The van der Waals surface area contributed by atoms with Gasteiger partial charge in [0.15, 0.2) is 0 Å². The highest BCUT2D eigenvalue weighted by Crippen LogP contribution is 2.63. The van der Waals surface area contributed by atoms with Crippen LogP contribution in [0.25, 0.3) is 0 Å². The van der Waals surface area contributed by atoms with Gasteiger partial charge in [0, 0.05) is 19.8 Å². The third-order valence-corrected chi connectivity index (χ3v) is 10.9. The van der Waals surface area contributed by atoms with Crippen LogP contribution < -0.4 is 0 Å². The SMILES string of the molecule is CCCCCCSP(=O)(N(C)C=O)N(C)S(C)(=O)=O. The van der Waals surface area contributed by atoms with Gasteiger partial charge < -0.3 is 0 Å². The standard InChI is InChI=1S/C10H23N2O4PS2/c1-5-6-7-8-9-18-17(14,11(2)10-13)12(3)19(4,15)16/h10H,5-9H2,1-4H3. The highest BCUT2D eigenvalue weighted by molar-refractivity contribution is 8.57. The van der Waals surface area contributed by atoms with Gasteiger partial charge in [-0.3, -0.25) is 14.0 Å². The number of amides is 1. The first-order valence-corrected chi connectivity index (χ1v) is 11.1. The van der Waals surface area contributed by atoms with Crippen molar-refractivity contribution in [2.24, 2.45) is 0 Å². The number of hydrogen-bond donors (Lipinski definition) is 0. The van der Waals surface area contributed by atoms with Gasteiger partial charge in [0.1, 0.15) is 0 Å². The minimum Gasteiger partial charge on any atom is -0.278 e. The van der Waals surface area contributed by atoms with Crippen molar-refractivity contribution in [2.75, 3.05) is 26.1 Å². The van der Waals surface area contributed by atoms with E-state index in [4.69, 9.17) is 0 Å². The van der Waals surface area contributed by atoms with E-state index in [-0.39, 0.29) is 0 Å². The average Bonchev–Trinajstić information content (AvgIpc) is 2.35. The summed E-state index contributed by atoms with van der Waals surface area (Å²) in [7, 11) is -1.03. The molecular weight excluding hydrogens is 307 g/mol. The van der Waals surface area contributed by atoms with E-state index in [1.54, 1.807) is 0 Å². The zero-order valence-corrected chi connectivity index (χ0v) is 14.4. The largest absolute Gasteiger partial charge is 0.309 e. The van der Waals surface area contributed by atoms with Crippen LogP contribution in [0.3, 0.4) is 0 Å². The topological polar surface area (TPSA) is 74.8 Å². The molecule has 19 heavy (non-hydrogen) atoms. The summed E-state index contributed by atoms with van der Waals surface area (Å²) in [5, 5.41) is 0. The Morgan fingerprint density at radius 2 is 1.79 bits per heavy atom. The average molecular weight is 330 g/mol. The summed E-state index contributed by atoms with van der Waals surface area (Å²) in [5.74, 6) is 0.565. The normalized spacial score (nSPS) is 15.2. The molecule has 0 radical (unpaired) electrons. The van der Waals surface area contributed by atoms with Gasteiger partial charge in [-0.05, 0) is 6.42 Å². The second-order valence-electron chi connectivity index (χ2n) is 4.26. The Hall–Kier alpha value is -0.0400. The molecule has 1 atom stereocenters. The summed E-state index contributed by atoms with van der Waals surface area (Å²) >= 11 is 1.04. The van der Waals surface area contributed by atoms with Crippen LogP contribution in [0, 0.1) is 0 Å². The van der Waals surface area contributed by atoms with Crippen molar-refractivity contribution in [1.29, 1.82) is 0 Å². The van der Waals surface area contributed by atoms with Crippen LogP contribution in [0.5, 0.6) is 0 Å². The summed E-state index contributed by atoms with van der Waals surface area (Å²) in [6.07, 6.45) is 5.44. The van der Waals surface area contributed by atoms with Crippen molar-refractivity contribution >= 4 is 34.5 Å². The van der Waals surface area contributed by atoms with E-state index in [0.29, 0.717) is 12.2 Å². The van der Waals surface area contributed by atoms with Crippen LogP contribution in [0.1, 0.15) is 32.6 Å². The van der Waals surface area contributed by atoms with Gasteiger partial charge in [-0.15, -0.1) is 4.08 Å². The number of sulfonamides is 1. The summed E-state index contributed by atoms with van der Waals surface area (Å²) in [6.45, 7) is -1.35. The van der Waals surface area contributed by atoms with E-state index in [0.717, 1.165) is 52.1 Å². The zero-order chi connectivity index (χ0) is 15.1. The van der Waals surface area contributed by atoms with Crippen LogP contribution in [0.4, 0.5) is 0 Å². The van der Waals surface area contributed by atoms with Crippen molar-refractivity contribution in [3.05, 3.63) is 0 Å². The van der Waals surface area contributed by atoms with E-state index >= 15 is 0 Å². The number of hydrogen-bond acceptors (Lipinski definition) is 5. The number of unbranched alkanes of at least 4 members (excludes halogenated alkanes) is 3. The van der Waals surface area contributed by atoms with Gasteiger partial charge in [0.25, 0.3) is 0 Å². The van der Waals surface area contributed by atoms with Crippen LogP contribution in [0.2, 0.25) is 0 Å². The predicted molar refractivity (Wildman–Crippen MR) is 80.6 cm³/mol. The third kappa shape index (κ3) is 5.85. The van der Waals surface area contributed by atoms with Gasteiger partial charge >= 0.3 is 6.65 Å². The first-order chi connectivity index (χ1) is 8.70. The first-order valence-electron chi connectivity index (χ1n) is 6.07. The van der Waals surface area contributed by atoms with Crippen LogP contribution in [0.15, 0.2) is 0 Å². The molecule has 0 N–H and O–H groups in total. The molecule has 0 aliphatic heterocycles. The number of carbonyl (C=O) groups is 1. The molecule has 1 amide bonds. The van der Waals surface area contributed by atoms with Gasteiger partial charge in [-0.2, -0.15) is 0 Å². The molecule has 0 fully saturated rings. The van der Waals surface area contributed by atoms with Crippen molar-refractivity contribution in [3.8, 4) is 0 Å². The Balaban J connectivity index is 4.81. The summed E-state index contributed by atoms with van der Waals surface area (Å²) in [6, 6.07) is 0. The lowest BCUT2D eigenvalue weighted by atomic mass is 10.2.